The first-order valence-corrected chi connectivity index (χ1v) is 7.86. The van der Waals surface area contributed by atoms with E-state index >= 15 is 0 Å². The van der Waals surface area contributed by atoms with Crippen molar-refractivity contribution < 1.29 is 9.59 Å². The number of carbonyl (C=O) groups is 2. The standard InChI is InChI=1S/C15H22N4O2/c1-2-17-9-10-19-11-12(16-13(19)15(17)21)14(20)18-7-5-3-4-6-8-18/h11H,2-10H2,1H3. The summed E-state index contributed by atoms with van der Waals surface area (Å²) in [6, 6.07) is 0. The van der Waals surface area contributed by atoms with E-state index in [-0.39, 0.29) is 11.8 Å². The lowest BCUT2D eigenvalue weighted by atomic mass is 10.2. The van der Waals surface area contributed by atoms with Crippen molar-refractivity contribution in [2.45, 2.75) is 39.2 Å². The zero-order valence-corrected chi connectivity index (χ0v) is 12.5. The van der Waals surface area contributed by atoms with E-state index in [2.05, 4.69) is 4.98 Å². The van der Waals surface area contributed by atoms with Gasteiger partial charge in [-0.25, -0.2) is 4.98 Å². The summed E-state index contributed by atoms with van der Waals surface area (Å²) >= 11 is 0. The second kappa shape index (κ2) is 5.87. The predicted octanol–water partition coefficient (Wildman–Crippen LogP) is 1.37. The third-order valence-electron chi connectivity index (χ3n) is 4.36. The highest BCUT2D eigenvalue weighted by molar-refractivity contribution is 5.96. The van der Waals surface area contributed by atoms with E-state index < -0.39 is 0 Å². The number of nitrogens with zero attached hydrogens (tertiary/aromatic N) is 4. The lowest BCUT2D eigenvalue weighted by Crippen LogP contribution is -2.40. The molecule has 3 heterocycles. The molecule has 21 heavy (non-hydrogen) atoms. The molecule has 0 aromatic carbocycles. The van der Waals surface area contributed by atoms with Gasteiger partial charge in [0.05, 0.1) is 0 Å². The smallest absolute Gasteiger partial charge is 0.289 e. The van der Waals surface area contributed by atoms with Gasteiger partial charge in [-0.15, -0.1) is 0 Å². The normalized spacial score (nSPS) is 19.4. The fourth-order valence-electron chi connectivity index (χ4n) is 3.07. The van der Waals surface area contributed by atoms with Crippen LogP contribution in [0.5, 0.6) is 0 Å². The van der Waals surface area contributed by atoms with Gasteiger partial charge < -0.3 is 14.4 Å². The summed E-state index contributed by atoms with van der Waals surface area (Å²) in [7, 11) is 0. The van der Waals surface area contributed by atoms with E-state index in [1.54, 1.807) is 11.1 Å². The highest BCUT2D eigenvalue weighted by atomic mass is 16.2. The van der Waals surface area contributed by atoms with Crippen LogP contribution in [-0.2, 0) is 6.54 Å². The highest BCUT2D eigenvalue weighted by Gasteiger charge is 2.28. The summed E-state index contributed by atoms with van der Waals surface area (Å²) in [4.78, 5) is 32.7. The fraction of sp³-hybridized carbons (Fsp3) is 0.667. The second-order valence-electron chi connectivity index (χ2n) is 5.73. The van der Waals surface area contributed by atoms with Crippen molar-refractivity contribution in [1.82, 2.24) is 19.4 Å². The summed E-state index contributed by atoms with van der Waals surface area (Å²) in [5.41, 5.74) is 0.415. The Balaban J connectivity index is 1.81. The Morgan fingerprint density at radius 3 is 2.52 bits per heavy atom. The van der Waals surface area contributed by atoms with Crippen LogP contribution in [0.15, 0.2) is 6.20 Å². The van der Waals surface area contributed by atoms with Crippen LogP contribution in [0.3, 0.4) is 0 Å². The lowest BCUT2D eigenvalue weighted by molar-refractivity contribution is 0.0707. The molecule has 1 aromatic heterocycles. The Bertz CT molecular complexity index is 544. The van der Waals surface area contributed by atoms with Gasteiger partial charge in [-0.05, 0) is 19.8 Å². The molecule has 0 atom stereocenters. The molecule has 0 unspecified atom stereocenters. The van der Waals surface area contributed by atoms with Gasteiger partial charge in [0.2, 0.25) is 0 Å². The molecule has 0 spiro atoms. The molecule has 3 rings (SSSR count). The van der Waals surface area contributed by atoms with Gasteiger partial charge in [0.15, 0.2) is 5.82 Å². The molecule has 1 fully saturated rings. The van der Waals surface area contributed by atoms with Gasteiger partial charge in [0, 0.05) is 38.9 Å². The van der Waals surface area contributed by atoms with Crippen molar-refractivity contribution in [1.29, 1.82) is 0 Å². The number of likely N-dealkylation sites (N-methyl/N-ethyl adjacent to an activating group) is 1. The van der Waals surface area contributed by atoms with Gasteiger partial charge in [0.25, 0.3) is 11.8 Å². The van der Waals surface area contributed by atoms with Crippen LogP contribution in [0.1, 0.15) is 53.7 Å². The van der Waals surface area contributed by atoms with Crippen LogP contribution >= 0.6 is 0 Å². The number of aromatic nitrogens is 2. The zero-order valence-electron chi connectivity index (χ0n) is 12.5. The first kappa shape index (κ1) is 14.1. The number of carbonyl (C=O) groups excluding carboxylic acids is 2. The maximum absolute atomic E-state index is 12.6. The van der Waals surface area contributed by atoms with Crippen molar-refractivity contribution in [3.05, 3.63) is 17.7 Å². The minimum Gasteiger partial charge on any atom is -0.337 e. The molecule has 6 nitrogen and oxygen atoms in total. The van der Waals surface area contributed by atoms with Crippen LogP contribution in [0.2, 0.25) is 0 Å². The van der Waals surface area contributed by atoms with Gasteiger partial charge in [-0.1, -0.05) is 12.8 Å². The van der Waals surface area contributed by atoms with Crippen molar-refractivity contribution >= 4 is 11.8 Å². The molecule has 114 valence electrons. The minimum atomic E-state index is -0.0707. The molecular formula is C15H22N4O2. The highest BCUT2D eigenvalue weighted by Crippen LogP contribution is 2.16. The van der Waals surface area contributed by atoms with Crippen molar-refractivity contribution in [3.8, 4) is 0 Å². The number of likely N-dealkylation sites (tertiary alicyclic amines) is 1. The summed E-state index contributed by atoms with van der Waals surface area (Å²) in [5.74, 6) is 0.301. The Kier molecular flexibility index (Phi) is 3.94. The molecule has 1 aromatic rings. The summed E-state index contributed by atoms with van der Waals surface area (Å²) in [6.45, 7) is 5.65. The zero-order chi connectivity index (χ0) is 14.8. The molecule has 2 amide bonds. The number of fused-ring (bicyclic) bond motifs is 1. The average molecular weight is 290 g/mol. The lowest BCUT2D eigenvalue weighted by Gasteiger charge is -2.25. The predicted molar refractivity (Wildman–Crippen MR) is 78.2 cm³/mol. The maximum atomic E-state index is 12.6. The number of amides is 2. The van der Waals surface area contributed by atoms with E-state index in [1.807, 2.05) is 16.4 Å². The second-order valence-corrected chi connectivity index (χ2v) is 5.73. The Hall–Kier alpha value is -1.85. The van der Waals surface area contributed by atoms with E-state index in [1.165, 1.54) is 12.8 Å². The number of imidazole rings is 1. The van der Waals surface area contributed by atoms with E-state index in [4.69, 9.17) is 0 Å². The third-order valence-corrected chi connectivity index (χ3v) is 4.36. The quantitative estimate of drug-likeness (QED) is 0.826. The monoisotopic (exact) mass is 290 g/mol. The molecule has 2 aliphatic rings. The Morgan fingerprint density at radius 2 is 1.86 bits per heavy atom. The van der Waals surface area contributed by atoms with Crippen LogP contribution < -0.4 is 0 Å². The first-order chi connectivity index (χ1) is 10.2. The summed E-state index contributed by atoms with van der Waals surface area (Å²) in [5, 5.41) is 0. The van der Waals surface area contributed by atoms with Crippen molar-refractivity contribution in [3.63, 3.8) is 0 Å². The molecule has 0 bridgehead atoms. The Labute approximate surface area is 124 Å². The maximum Gasteiger partial charge on any atom is 0.289 e. The van der Waals surface area contributed by atoms with Crippen LogP contribution in [0, 0.1) is 0 Å². The Morgan fingerprint density at radius 1 is 1.14 bits per heavy atom. The molecular weight excluding hydrogens is 268 g/mol. The fourth-order valence-corrected chi connectivity index (χ4v) is 3.07. The molecule has 2 aliphatic heterocycles. The summed E-state index contributed by atoms with van der Waals surface area (Å²) < 4.78 is 1.82. The van der Waals surface area contributed by atoms with Crippen LogP contribution in [0.4, 0.5) is 0 Å². The first-order valence-electron chi connectivity index (χ1n) is 7.86. The number of hydrogen-bond acceptors (Lipinski definition) is 3. The molecule has 0 radical (unpaired) electrons. The molecule has 0 aliphatic carbocycles. The molecule has 0 saturated carbocycles. The van der Waals surface area contributed by atoms with Crippen LogP contribution in [-0.4, -0.2) is 57.3 Å². The SMILES string of the molecule is CCN1CCn2cc(C(=O)N3CCCCCC3)nc2C1=O. The van der Waals surface area contributed by atoms with Gasteiger partial charge in [-0.3, -0.25) is 9.59 Å². The van der Waals surface area contributed by atoms with Crippen molar-refractivity contribution in [2.24, 2.45) is 0 Å². The number of hydrogen-bond donors (Lipinski definition) is 0. The summed E-state index contributed by atoms with van der Waals surface area (Å²) in [6.07, 6.45) is 6.23. The molecule has 1 saturated heterocycles. The topological polar surface area (TPSA) is 58.4 Å². The van der Waals surface area contributed by atoms with E-state index in [0.29, 0.717) is 24.6 Å². The van der Waals surface area contributed by atoms with Gasteiger partial charge in [-0.2, -0.15) is 0 Å². The average Bonchev–Trinajstić information content (AvgIpc) is 2.75. The largest absolute Gasteiger partial charge is 0.337 e. The van der Waals surface area contributed by atoms with E-state index in [9.17, 15) is 9.59 Å². The van der Waals surface area contributed by atoms with Crippen LogP contribution in [0.25, 0.3) is 0 Å². The van der Waals surface area contributed by atoms with E-state index in [0.717, 1.165) is 32.5 Å². The minimum absolute atomic E-state index is 0.0327. The number of rotatable bonds is 2. The van der Waals surface area contributed by atoms with Gasteiger partial charge in [0.1, 0.15) is 5.69 Å². The molecule has 6 heteroatoms. The third kappa shape index (κ3) is 2.66. The van der Waals surface area contributed by atoms with Crippen molar-refractivity contribution in [2.75, 3.05) is 26.2 Å². The molecule has 0 N–H and O–H groups in total. The van der Waals surface area contributed by atoms with Gasteiger partial charge >= 0.3 is 0 Å².